The molecule has 1 aliphatic rings. The largest absolute Gasteiger partial charge is 0.506 e. The molecule has 0 radical (unpaired) electrons. The van der Waals surface area contributed by atoms with Gasteiger partial charge in [-0.15, -0.1) is 0 Å². The normalized spacial score (nSPS) is 16.6. The number of rotatable bonds is 3. The van der Waals surface area contributed by atoms with E-state index in [9.17, 15) is 9.90 Å². The van der Waals surface area contributed by atoms with E-state index in [0.717, 1.165) is 25.9 Å². The maximum absolute atomic E-state index is 12.6. The number of esters is 1. The van der Waals surface area contributed by atoms with E-state index < -0.39 is 11.6 Å². The Bertz CT molecular complexity index is 584. The van der Waals surface area contributed by atoms with Crippen LogP contribution in [0.4, 0.5) is 0 Å². The van der Waals surface area contributed by atoms with Crippen LogP contribution in [-0.2, 0) is 4.74 Å². The molecular formula is C15H18Br3NO3. The molecule has 0 saturated carbocycles. The first-order chi connectivity index (χ1) is 10.2. The smallest absolute Gasteiger partial charge is 0.341 e. The van der Waals surface area contributed by atoms with Crippen LogP contribution in [0.15, 0.2) is 19.5 Å². The maximum Gasteiger partial charge on any atom is 0.341 e. The van der Waals surface area contributed by atoms with E-state index in [1.807, 2.05) is 13.8 Å². The van der Waals surface area contributed by atoms with Crippen LogP contribution in [0.3, 0.4) is 0 Å². The predicted octanol–water partition coefficient (Wildman–Crippen LogP) is 4.61. The van der Waals surface area contributed by atoms with Crippen LogP contribution in [0.5, 0.6) is 5.75 Å². The Morgan fingerprint density at radius 3 is 2.45 bits per heavy atom. The number of carbonyl (C=O) groups is 1. The van der Waals surface area contributed by atoms with Crippen LogP contribution >= 0.6 is 47.8 Å². The van der Waals surface area contributed by atoms with E-state index in [1.165, 1.54) is 0 Å². The summed E-state index contributed by atoms with van der Waals surface area (Å²) in [6.07, 6.45) is 1.96. The SMILES string of the molecule is CC(C)(OC(=O)c1c(Br)cc(Br)c(O)c1Br)C1CCNCC1. The fraction of sp³-hybridized carbons (Fsp3) is 0.533. The van der Waals surface area contributed by atoms with Crippen molar-refractivity contribution in [2.45, 2.75) is 32.3 Å². The monoisotopic (exact) mass is 497 g/mol. The van der Waals surface area contributed by atoms with Crippen LogP contribution in [0.2, 0.25) is 0 Å². The van der Waals surface area contributed by atoms with E-state index in [1.54, 1.807) is 6.07 Å². The Balaban J connectivity index is 2.23. The first kappa shape index (κ1) is 18.2. The number of aromatic hydroxyl groups is 1. The number of carbonyl (C=O) groups excluding carboxylic acids is 1. The Kier molecular flexibility index (Phi) is 5.96. The lowest BCUT2D eigenvalue weighted by molar-refractivity contribution is -0.0370. The summed E-state index contributed by atoms with van der Waals surface area (Å²) in [5.41, 5.74) is -0.261. The highest BCUT2D eigenvalue weighted by atomic mass is 79.9. The van der Waals surface area contributed by atoms with Gasteiger partial charge in [0.15, 0.2) is 0 Å². The molecule has 4 nitrogen and oxygen atoms in total. The van der Waals surface area contributed by atoms with Crippen molar-refractivity contribution in [1.82, 2.24) is 5.32 Å². The van der Waals surface area contributed by atoms with Gasteiger partial charge in [0, 0.05) is 10.4 Å². The molecule has 1 aromatic rings. The molecule has 0 bridgehead atoms. The van der Waals surface area contributed by atoms with Gasteiger partial charge in [-0.3, -0.25) is 0 Å². The molecule has 0 atom stereocenters. The van der Waals surface area contributed by atoms with Gasteiger partial charge in [0.05, 0.1) is 14.5 Å². The summed E-state index contributed by atoms with van der Waals surface area (Å²) in [5, 5.41) is 13.3. The minimum atomic E-state index is -0.555. The van der Waals surface area contributed by atoms with Crippen molar-refractivity contribution in [1.29, 1.82) is 0 Å². The zero-order valence-corrected chi connectivity index (χ0v) is 17.1. The van der Waals surface area contributed by atoms with Gasteiger partial charge >= 0.3 is 5.97 Å². The van der Waals surface area contributed by atoms with Crippen molar-refractivity contribution in [3.8, 4) is 5.75 Å². The highest BCUT2D eigenvalue weighted by Gasteiger charge is 2.35. The third-order valence-corrected chi connectivity index (χ3v) is 6.03. The Hall–Kier alpha value is -0.110. The molecule has 122 valence electrons. The first-order valence-corrected chi connectivity index (χ1v) is 9.42. The van der Waals surface area contributed by atoms with E-state index in [0.29, 0.717) is 24.9 Å². The molecular weight excluding hydrogens is 482 g/mol. The third kappa shape index (κ3) is 3.86. The van der Waals surface area contributed by atoms with Gasteiger partial charge in [-0.25, -0.2) is 4.79 Å². The zero-order valence-electron chi connectivity index (χ0n) is 12.4. The summed E-state index contributed by atoms with van der Waals surface area (Å²) in [5.74, 6) is -0.154. The van der Waals surface area contributed by atoms with Gasteiger partial charge in [-0.1, -0.05) is 0 Å². The number of halogens is 3. The minimum Gasteiger partial charge on any atom is -0.506 e. The van der Waals surface area contributed by atoms with Crippen molar-refractivity contribution in [2.75, 3.05) is 13.1 Å². The number of hydrogen-bond acceptors (Lipinski definition) is 4. The standard InChI is InChI=1S/C15H18Br3NO3/c1-15(2,8-3-5-19-6-4-8)22-14(21)11-9(16)7-10(17)13(20)12(11)18/h7-8,19-20H,3-6H2,1-2H3. The molecule has 0 unspecified atom stereocenters. The summed E-state index contributed by atoms with van der Waals surface area (Å²) in [7, 11) is 0. The molecule has 1 aromatic carbocycles. The van der Waals surface area contributed by atoms with E-state index in [4.69, 9.17) is 4.74 Å². The Morgan fingerprint density at radius 2 is 1.86 bits per heavy atom. The molecule has 1 heterocycles. The molecule has 2 N–H and O–H groups in total. The lowest BCUT2D eigenvalue weighted by Gasteiger charge is -2.36. The number of phenolic OH excluding ortho intramolecular Hbond substituents is 1. The van der Waals surface area contributed by atoms with Gasteiger partial charge in [-0.2, -0.15) is 0 Å². The molecule has 1 aliphatic heterocycles. The van der Waals surface area contributed by atoms with Crippen molar-refractivity contribution in [2.24, 2.45) is 5.92 Å². The van der Waals surface area contributed by atoms with Crippen molar-refractivity contribution >= 4 is 53.8 Å². The first-order valence-electron chi connectivity index (χ1n) is 7.04. The molecule has 0 spiro atoms. The van der Waals surface area contributed by atoms with Crippen molar-refractivity contribution in [3.05, 3.63) is 25.0 Å². The lowest BCUT2D eigenvalue weighted by atomic mass is 9.83. The zero-order chi connectivity index (χ0) is 16.5. The molecule has 2 rings (SSSR count). The van der Waals surface area contributed by atoms with Crippen molar-refractivity contribution in [3.63, 3.8) is 0 Å². The number of nitrogens with one attached hydrogen (secondary N) is 1. The summed E-state index contributed by atoms with van der Waals surface area (Å²) in [4.78, 5) is 12.6. The molecule has 22 heavy (non-hydrogen) atoms. The van der Waals surface area contributed by atoms with Crippen molar-refractivity contribution < 1.29 is 14.6 Å². The van der Waals surface area contributed by atoms with Gasteiger partial charge < -0.3 is 15.2 Å². The number of hydrogen-bond donors (Lipinski definition) is 2. The van der Waals surface area contributed by atoms with Crippen LogP contribution in [0.1, 0.15) is 37.0 Å². The quantitative estimate of drug-likeness (QED) is 0.596. The van der Waals surface area contributed by atoms with Gasteiger partial charge in [-0.05, 0) is 93.6 Å². The van der Waals surface area contributed by atoms with Gasteiger partial charge in [0.2, 0.25) is 0 Å². The van der Waals surface area contributed by atoms with E-state index in [2.05, 4.69) is 53.1 Å². The molecule has 7 heteroatoms. The summed E-state index contributed by atoms with van der Waals surface area (Å²) >= 11 is 9.85. The summed E-state index contributed by atoms with van der Waals surface area (Å²) in [6, 6.07) is 1.63. The number of benzene rings is 1. The van der Waals surface area contributed by atoms with Crippen LogP contribution in [0, 0.1) is 5.92 Å². The number of phenols is 1. The summed E-state index contributed by atoms with van der Waals surface area (Å²) < 4.78 is 7.15. The molecule has 0 amide bonds. The van der Waals surface area contributed by atoms with Gasteiger partial charge in [0.25, 0.3) is 0 Å². The molecule has 1 fully saturated rings. The number of ether oxygens (including phenoxy) is 1. The Labute approximate surface area is 155 Å². The van der Waals surface area contributed by atoms with Crippen LogP contribution in [-0.4, -0.2) is 29.8 Å². The second-order valence-corrected chi connectivity index (χ2v) is 8.40. The molecule has 1 saturated heterocycles. The topological polar surface area (TPSA) is 58.6 Å². The average molecular weight is 500 g/mol. The lowest BCUT2D eigenvalue weighted by Crippen LogP contribution is -2.42. The number of piperidine rings is 1. The predicted molar refractivity (Wildman–Crippen MR) is 96.3 cm³/mol. The van der Waals surface area contributed by atoms with E-state index >= 15 is 0 Å². The fourth-order valence-electron chi connectivity index (χ4n) is 2.66. The second kappa shape index (κ2) is 7.20. The highest BCUT2D eigenvalue weighted by Crippen LogP contribution is 2.40. The van der Waals surface area contributed by atoms with Crippen LogP contribution < -0.4 is 5.32 Å². The Morgan fingerprint density at radius 1 is 1.27 bits per heavy atom. The molecule has 0 aromatic heterocycles. The molecule has 0 aliphatic carbocycles. The summed E-state index contributed by atoms with van der Waals surface area (Å²) in [6.45, 7) is 5.78. The maximum atomic E-state index is 12.6. The highest BCUT2D eigenvalue weighted by molar-refractivity contribution is 9.11. The minimum absolute atomic E-state index is 0.0187. The third-order valence-electron chi connectivity index (χ3n) is 4.03. The van der Waals surface area contributed by atoms with Crippen LogP contribution in [0.25, 0.3) is 0 Å². The fourth-order valence-corrected chi connectivity index (χ4v) is 5.10. The average Bonchev–Trinajstić information content (AvgIpc) is 2.45. The van der Waals surface area contributed by atoms with E-state index in [-0.39, 0.29) is 5.75 Å². The second-order valence-electron chi connectivity index (χ2n) is 5.90. The van der Waals surface area contributed by atoms with Gasteiger partial charge in [0.1, 0.15) is 11.4 Å².